The lowest BCUT2D eigenvalue weighted by atomic mass is 9.92. The number of rotatable bonds is 4. The molecular formula is C16H23FN2. The summed E-state index contributed by atoms with van der Waals surface area (Å²) in [5.74, 6) is 0.475. The van der Waals surface area contributed by atoms with Crippen LogP contribution in [0.3, 0.4) is 0 Å². The van der Waals surface area contributed by atoms with Crippen molar-refractivity contribution in [1.29, 1.82) is 0 Å². The smallest absolute Gasteiger partial charge is 0.128 e. The summed E-state index contributed by atoms with van der Waals surface area (Å²) >= 11 is 0. The van der Waals surface area contributed by atoms with Crippen LogP contribution in [0.4, 0.5) is 4.39 Å². The van der Waals surface area contributed by atoms with Crippen LogP contribution in [-0.4, -0.2) is 31.1 Å². The summed E-state index contributed by atoms with van der Waals surface area (Å²) in [4.78, 5) is 2.30. The molecule has 3 heteroatoms. The fraction of sp³-hybridized carbons (Fsp3) is 0.625. The van der Waals surface area contributed by atoms with Crippen molar-refractivity contribution in [3.8, 4) is 0 Å². The van der Waals surface area contributed by atoms with Gasteiger partial charge in [0.25, 0.3) is 0 Å². The number of benzene rings is 1. The maximum Gasteiger partial charge on any atom is 0.128 e. The first-order valence-corrected chi connectivity index (χ1v) is 7.35. The van der Waals surface area contributed by atoms with Gasteiger partial charge in [0.1, 0.15) is 5.82 Å². The zero-order chi connectivity index (χ0) is 13.4. The van der Waals surface area contributed by atoms with E-state index in [1.54, 1.807) is 6.07 Å². The fourth-order valence-electron chi connectivity index (χ4n) is 3.23. The molecule has 2 unspecified atom stereocenters. The van der Waals surface area contributed by atoms with E-state index in [4.69, 9.17) is 0 Å². The molecule has 0 spiro atoms. The summed E-state index contributed by atoms with van der Waals surface area (Å²) in [6.45, 7) is 4.12. The van der Waals surface area contributed by atoms with Gasteiger partial charge in [-0.25, -0.2) is 4.39 Å². The van der Waals surface area contributed by atoms with Gasteiger partial charge in [0.2, 0.25) is 0 Å². The lowest BCUT2D eigenvalue weighted by Crippen LogP contribution is -2.30. The number of hydrogen-bond acceptors (Lipinski definition) is 2. The van der Waals surface area contributed by atoms with Gasteiger partial charge in [-0.3, -0.25) is 4.90 Å². The Hall–Kier alpha value is -0.930. The van der Waals surface area contributed by atoms with Crippen molar-refractivity contribution in [2.45, 2.75) is 38.3 Å². The van der Waals surface area contributed by atoms with E-state index in [1.807, 2.05) is 19.1 Å². The number of nitrogens with one attached hydrogen (secondary N) is 1. The molecule has 0 radical (unpaired) electrons. The van der Waals surface area contributed by atoms with Crippen molar-refractivity contribution in [3.63, 3.8) is 0 Å². The molecule has 2 aliphatic rings. The molecule has 1 aliphatic carbocycles. The van der Waals surface area contributed by atoms with Crippen molar-refractivity contribution >= 4 is 0 Å². The summed E-state index contributed by atoms with van der Waals surface area (Å²) in [5.41, 5.74) is 2.02. The van der Waals surface area contributed by atoms with Gasteiger partial charge in [-0.05, 0) is 51.8 Å². The maximum absolute atomic E-state index is 14.1. The Labute approximate surface area is 115 Å². The van der Waals surface area contributed by atoms with Crippen LogP contribution in [0.2, 0.25) is 0 Å². The Kier molecular flexibility index (Phi) is 3.59. The van der Waals surface area contributed by atoms with Crippen molar-refractivity contribution < 1.29 is 4.39 Å². The normalized spacial score (nSPS) is 27.9. The van der Waals surface area contributed by atoms with E-state index in [2.05, 4.69) is 17.3 Å². The van der Waals surface area contributed by atoms with Crippen LogP contribution in [0, 0.1) is 18.7 Å². The van der Waals surface area contributed by atoms with Crippen LogP contribution in [0.15, 0.2) is 18.2 Å². The second-order valence-corrected chi connectivity index (χ2v) is 6.18. The van der Waals surface area contributed by atoms with Gasteiger partial charge in [0.05, 0.1) is 0 Å². The molecule has 1 N–H and O–H groups in total. The molecule has 0 amide bonds. The first kappa shape index (κ1) is 13.1. The Balaban J connectivity index is 1.79. The second-order valence-electron chi connectivity index (χ2n) is 6.18. The molecule has 2 atom stereocenters. The van der Waals surface area contributed by atoms with Gasteiger partial charge < -0.3 is 5.32 Å². The molecule has 0 bridgehead atoms. The van der Waals surface area contributed by atoms with Gasteiger partial charge in [-0.15, -0.1) is 0 Å². The van der Waals surface area contributed by atoms with Crippen molar-refractivity contribution in [1.82, 2.24) is 10.2 Å². The Morgan fingerprint density at radius 3 is 2.84 bits per heavy atom. The van der Waals surface area contributed by atoms with E-state index >= 15 is 0 Å². The molecule has 3 rings (SSSR count). The quantitative estimate of drug-likeness (QED) is 0.897. The summed E-state index contributed by atoms with van der Waals surface area (Å²) in [6.07, 6.45) is 3.78. The molecule has 2 fully saturated rings. The van der Waals surface area contributed by atoms with E-state index in [9.17, 15) is 4.39 Å². The largest absolute Gasteiger partial charge is 0.314 e. The molecule has 1 aliphatic heterocycles. The van der Waals surface area contributed by atoms with Crippen LogP contribution in [-0.2, 0) is 0 Å². The van der Waals surface area contributed by atoms with Gasteiger partial charge in [-0.1, -0.05) is 17.7 Å². The molecule has 1 aromatic rings. The predicted molar refractivity (Wildman–Crippen MR) is 75.6 cm³/mol. The van der Waals surface area contributed by atoms with E-state index in [1.165, 1.54) is 12.8 Å². The zero-order valence-corrected chi connectivity index (χ0v) is 11.8. The number of aryl methyl sites for hydroxylation is 1. The molecule has 1 aromatic carbocycles. The lowest BCUT2D eigenvalue weighted by molar-refractivity contribution is 0.265. The molecular weight excluding hydrogens is 239 g/mol. The summed E-state index contributed by atoms with van der Waals surface area (Å²) in [6, 6.07) is 6.44. The first-order valence-electron chi connectivity index (χ1n) is 7.35. The van der Waals surface area contributed by atoms with Crippen LogP contribution >= 0.6 is 0 Å². The maximum atomic E-state index is 14.1. The van der Waals surface area contributed by atoms with Crippen molar-refractivity contribution in [2.75, 3.05) is 20.1 Å². The number of hydrogen-bond donors (Lipinski definition) is 1. The van der Waals surface area contributed by atoms with Crippen molar-refractivity contribution in [2.24, 2.45) is 5.92 Å². The highest BCUT2D eigenvalue weighted by Gasteiger charge is 2.35. The summed E-state index contributed by atoms with van der Waals surface area (Å²) < 4.78 is 14.1. The van der Waals surface area contributed by atoms with Gasteiger partial charge in [0.15, 0.2) is 0 Å². The highest BCUT2D eigenvalue weighted by Crippen LogP contribution is 2.37. The third-order valence-corrected chi connectivity index (χ3v) is 4.49. The number of likely N-dealkylation sites (tertiary alicyclic amines) is 1. The van der Waals surface area contributed by atoms with Crippen LogP contribution in [0.5, 0.6) is 0 Å². The minimum Gasteiger partial charge on any atom is -0.314 e. The predicted octanol–water partition coefficient (Wildman–Crippen LogP) is 2.88. The first-order chi connectivity index (χ1) is 9.15. The minimum atomic E-state index is -0.0548. The van der Waals surface area contributed by atoms with E-state index in [-0.39, 0.29) is 11.9 Å². The lowest BCUT2D eigenvalue weighted by Gasteiger charge is -2.26. The van der Waals surface area contributed by atoms with Gasteiger partial charge >= 0.3 is 0 Å². The summed E-state index contributed by atoms with van der Waals surface area (Å²) in [5, 5.41) is 3.60. The van der Waals surface area contributed by atoms with Gasteiger partial charge in [0, 0.05) is 24.2 Å². The van der Waals surface area contributed by atoms with Crippen molar-refractivity contribution in [3.05, 3.63) is 35.1 Å². The van der Waals surface area contributed by atoms with E-state index in [0.29, 0.717) is 5.92 Å². The summed E-state index contributed by atoms with van der Waals surface area (Å²) in [7, 11) is 2.11. The molecule has 2 nitrogen and oxygen atoms in total. The number of nitrogens with zero attached hydrogens (tertiary/aromatic N) is 1. The molecule has 1 saturated heterocycles. The average Bonchev–Trinajstić information content (AvgIpc) is 3.14. The minimum absolute atomic E-state index is 0.0548. The zero-order valence-electron chi connectivity index (χ0n) is 11.8. The molecule has 1 heterocycles. The molecule has 0 aromatic heterocycles. The third kappa shape index (κ3) is 2.82. The molecule has 104 valence electrons. The highest BCUT2D eigenvalue weighted by atomic mass is 19.1. The monoisotopic (exact) mass is 262 g/mol. The Morgan fingerprint density at radius 1 is 1.32 bits per heavy atom. The average molecular weight is 262 g/mol. The molecule has 1 saturated carbocycles. The number of halogens is 1. The van der Waals surface area contributed by atoms with Crippen LogP contribution in [0.25, 0.3) is 0 Å². The Morgan fingerprint density at radius 2 is 2.11 bits per heavy atom. The second kappa shape index (κ2) is 5.22. The standard InChI is InChI=1S/C16H23FN2/c1-11-3-6-15(17)14(9-11)16-12(7-8-19(16)2)10-18-13-4-5-13/h3,6,9,12-13,16,18H,4-5,7-8,10H2,1-2H3. The Bertz CT molecular complexity index is 456. The van der Waals surface area contributed by atoms with Crippen LogP contribution in [0.1, 0.15) is 36.4 Å². The van der Waals surface area contributed by atoms with Gasteiger partial charge in [-0.2, -0.15) is 0 Å². The van der Waals surface area contributed by atoms with Crippen LogP contribution < -0.4 is 5.32 Å². The third-order valence-electron chi connectivity index (χ3n) is 4.49. The van der Waals surface area contributed by atoms with E-state index < -0.39 is 0 Å². The topological polar surface area (TPSA) is 15.3 Å². The van der Waals surface area contributed by atoms with E-state index in [0.717, 1.165) is 36.7 Å². The highest BCUT2D eigenvalue weighted by molar-refractivity contribution is 5.28. The fourth-order valence-corrected chi connectivity index (χ4v) is 3.23. The molecule has 19 heavy (non-hydrogen) atoms. The SMILES string of the molecule is Cc1ccc(F)c(C2C(CNC3CC3)CCN2C)c1.